The van der Waals surface area contributed by atoms with Gasteiger partial charge >= 0.3 is 82.6 Å². The molecule has 0 spiro atoms. The molecule has 0 rings (SSSR count). The number of carbonyl (C=O) groups is 6. The third kappa shape index (κ3) is 64.5. The van der Waals surface area contributed by atoms with E-state index in [1.807, 2.05) is 0 Å². The number of rotatable bonds is 27. The molecule has 0 N–H and O–H groups in total. The van der Waals surface area contributed by atoms with E-state index in [4.69, 9.17) is 0 Å². The van der Waals surface area contributed by atoms with Crippen molar-refractivity contribution in [1.29, 1.82) is 0 Å². The number of aliphatic carboxylic acids is 6. The maximum absolute atomic E-state index is 10.0. The molecule has 0 saturated heterocycles. The summed E-state index contributed by atoms with van der Waals surface area (Å²) < 4.78 is 0. The molecular formula is C30H48O12Pr2. The first kappa shape index (κ1) is 53.1. The standard InChI is InChI=1S/3C10H18O4.2Pr/c3*11-9(12)7-5-3-1-2-4-6-8-10(13)14;;/h3*1-8H2,(H,11,12)(H,13,14);;/q;;;2*+3/p-6. The second-order valence-corrected chi connectivity index (χ2v) is 10.1. The molecule has 0 aliphatic carbocycles. The molecule has 0 aromatic rings. The first-order valence-electron chi connectivity index (χ1n) is 15.1. The van der Waals surface area contributed by atoms with Crippen molar-refractivity contribution < 1.29 is 142 Å². The summed E-state index contributed by atoms with van der Waals surface area (Å²) in [5.41, 5.74) is 0. The first-order valence-corrected chi connectivity index (χ1v) is 15.1. The van der Waals surface area contributed by atoms with Crippen molar-refractivity contribution in [2.45, 2.75) is 154 Å². The third-order valence-corrected chi connectivity index (χ3v) is 6.04. The predicted molar refractivity (Wildman–Crippen MR) is 141 cm³/mol. The summed E-state index contributed by atoms with van der Waals surface area (Å²) in [5, 5.41) is 60.2. The fourth-order valence-electron chi connectivity index (χ4n) is 3.74. The van der Waals surface area contributed by atoms with Gasteiger partial charge in [-0.2, -0.15) is 0 Å². The van der Waals surface area contributed by atoms with E-state index < -0.39 is 35.8 Å². The van der Waals surface area contributed by atoms with Crippen molar-refractivity contribution in [2.75, 3.05) is 0 Å². The number of carbonyl (C=O) groups excluding carboxylic acids is 6. The zero-order valence-corrected chi connectivity index (χ0v) is 33.4. The normalized spacial score (nSPS) is 9.55. The molecule has 0 heterocycles. The Labute approximate surface area is 328 Å². The summed E-state index contributed by atoms with van der Waals surface area (Å²) in [5.74, 6) is -5.99. The molecule has 0 bridgehead atoms. The molecule has 0 radical (unpaired) electrons. The van der Waals surface area contributed by atoms with Crippen molar-refractivity contribution in [3.8, 4) is 0 Å². The van der Waals surface area contributed by atoms with Crippen molar-refractivity contribution >= 4 is 35.8 Å². The Hall–Kier alpha value is -0.453. The van der Waals surface area contributed by atoms with Gasteiger partial charge < -0.3 is 59.4 Å². The third-order valence-electron chi connectivity index (χ3n) is 6.04. The van der Waals surface area contributed by atoms with Crippen molar-refractivity contribution in [3.63, 3.8) is 0 Å². The van der Waals surface area contributed by atoms with E-state index in [0.29, 0.717) is 38.5 Å². The molecular weight excluding hydrogens is 834 g/mol. The monoisotopic (exact) mass is 882 g/mol. The number of hydrogen-bond acceptors (Lipinski definition) is 12. The molecule has 0 aromatic heterocycles. The Kier molecular flexibility index (Phi) is 51.3. The van der Waals surface area contributed by atoms with Gasteiger partial charge in [0.15, 0.2) is 0 Å². The maximum atomic E-state index is 10.0. The van der Waals surface area contributed by atoms with Crippen LogP contribution in [0.15, 0.2) is 0 Å². The van der Waals surface area contributed by atoms with Crippen LogP contribution in [0.1, 0.15) is 154 Å². The van der Waals surface area contributed by atoms with Crippen LogP contribution in [0.25, 0.3) is 0 Å². The molecule has 0 unspecified atom stereocenters. The quantitative estimate of drug-likeness (QED) is 0.0887. The molecule has 44 heavy (non-hydrogen) atoms. The molecule has 246 valence electrons. The van der Waals surface area contributed by atoms with E-state index >= 15 is 0 Å². The average molecular weight is 883 g/mol. The Morgan fingerprint density at radius 1 is 0.227 bits per heavy atom. The molecule has 0 saturated carbocycles. The molecule has 0 aliphatic rings. The number of carboxylic acid groups (broad SMARTS) is 6. The van der Waals surface area contributed by atoms with Gasteiger partial charge in [-0.25, -0.2) is 0 Å². The minimum atomic E-state index is -0.998. The minimum Gasteiger partial charge on any atom is -0.550 e. The van der Waals surface area contributed by atoms with Crippen LogP contribution in [0.3, 0.4) is 0 Å². The fourth-order valence-corrected chi connectivity index (χ4v) is 3.74. The second kappa shape index (κ2) is 42.5. The molecule has 12 nitrogen and oxygen atoms in total. The molecule has 0 amide bonds. The first-order chi connectivity index (χ1) is 19.9. The zero-order valence-electron chi connectivity index (χ0n) is 26.0. The summed E-state index contributed by atoms with van der Waals surface area (Å²) in [6.07, 6.45) is 15.7. The van der Waals surface area contributed by atoms with E-state index in [9.17, 15) is 59.4 Å². The molecule has 0 aromatic carbocycles. The van der Waals surface area contributed by atoms with Crippen LogP contribution < -0.4 is 30.6 Å². The Morgan fingerprint density at radius 3 is 0.409 bits per heavy atom. The van der Waals surface area contributed by atoms with Gasteiger partial charge in [-0.05, 0) is 77.0 Å². The Balaban J connectivity index is -0.000000169. The van der Waals surface area contributed by atoms with Gasteiger partial charge in [-0.1, -0.05) is 77.0 Å². The van der Waals surface area contributed by atoms with E-state index in [0.717, 1.165) is 77.0 Å². The summed E-state index contributed by atoms with van der Waals surface area (Å²) in [7, 11) is 0. The second-order valence-electron chi connectivity index (χ2n) is 10.1. The van der Waals surface area contributed by atoms with E-state index in [2.05, 4.69) is 0 Å². The zero-order chi connectivity index (χ0) is 32.4. The van der Waals surface area contributed by atoms with Gasteiger partial charge in [-0.15, -0.1) is 0 Å². The summed E-state index contributed by atoms with van der Waals surface area (Å²) in [6, 6.07) is 0. The minimum absolute atomic E-state index is 0. The number of hydrogen-bond donors (Lipinski definition) is 0. The van der Waals surface area contributed by atoms with Gasteiger partial charge in [0, 0.05) is 35.8 Å². The van der Waals surface area contributed by atoms with Crippen LogP contribution in [0.5, 0.6) is 0 Å². The molecule has 0 fully saturated rings. The van der Waals surface area contributed by atoms with Crippen molar-refractivity contribution in [1.82, 2.24) is 0 Å². The van der Waals surface area contributed by atoms with Gasteiger partial charge in [0.25, 0.3) is 0 Å². The van der Waals surface area contributed by atoms with Crippen molar-refractivity contribution in [2.24, 2.45) is 0 Å². The van der Waals surface area contributed by atoms with Crippen LogP contribution in [0.4, 0.5) is 0 Å². The smallest absolute Gasteiger partial charge is 0.550 e. The average Bonchev–Trinajstić information content (AvgIpc) is 2.88. The van der Waals surface area contributed by atoms with Crippen LogP contribution in [0.2, 0.25) is 0 Å². The maximum Gasteiger partial charge on any atom is 3.00 e. The molecule has 0 atom stereocenters. The van der Waals surface area contributed by atoms with E-state index in [1.165, 1.54) is 0 Å². The van der Waals surface area contributed by atoms with Gasteiger partial charge in [-0.3, -0.25) is 0 Å². The predicted octanol–water partition coefficient (Wildman–Crippen LogP) is -1.18. The summed E-state index contributed by atoms with van der Waals surface area (Å²) >= 11 is 0. The Bertz CT molecular complexity index is 578. The van der Waals surface area contributed by atoms with Gasteiger partial charge in [0.1, 0.15) is 0 Å². The summed E-state index contributed by atoms with van der Waals surface area (Å²) in [4.78, 5) is 60.2. The van der Waals surface area contributed by atoms with E-state index in [1.54, 1.807) is 0 Å². The van der Waals surface area contributed by atoms with Crippen LogP contribution >= 0.6 is 0 Å². The largest absolute Gasteiger partial charge is 3.00 e. The van der Waals surface area contributed by atoms with Crippen LogP contribution in [-0.2, 0) is 28.8 Å². The molecule has 14 heteroatoms. The van der Waals surface area contributed by atoms with Gasteiger partial charge in [0.2, 0.25) is 0 Å². The van der Waals surface area contributed by atoms with E-state index in [-0.39, 0.29) is 121 Å². The number of carboxylic acids is 6. The summed E-state index contributed by atoms with van der Waals surface area (Å²) in [6.45, 7) is 0. The fraction of sp³-hybridized carbons (Fsp3) is 0.800. The van der Waals surface area contributed by atoms with Crippen LogP contribution in [-0.4, -0.2) is 35.8 Å². The van der Waals surface area contributed by atoms with Crippen molar-refractivity contribution in [3.05, 3.63) is 0 Å². The van der Waals surface area contributed by atoms with Gasteiger partial charge in [0.05, 0.1) is 0 Å². The number of unbranched alkanes of at least 4 members (excludes halogenated alkanes) is 15. The Morgan fingerprint density at radius 2 is 0.318 bits per heavy atom. The topological polar surface area (TPSA) is 241 Å². The van der Waals surface area contributed by atoms with Crippen LogP contribution in [0, 0.1) is 82.6 Å². The molecule has 0 aliphatic heterocycles. The SMILES string of the molecule is O=C([O-])CCCCCCCCC(=O)[O-].O=C([O-])CCCCCCCCC(=O)[O-].O=C([O-])CCCCCCCCC(=O)[O-].[Pr+3].[Pr+3].